The first-order valence-corrected chi connectivity index (χ1v) is 9.34. The third-order valence-corrected chi connectivity index (χ3v) is 4.72. The minimum atomic E-state index is -0.679. The van der Waals surface area contributed by atoms with E-state index in [2.05, 4.69) is 10.6 Å². The molecule has 0 radical (unpaired) electrons. The van der Waals surface area contributed by atoms with Crippen LogP contribution in [0.2, 0.25) is 0 Å². The summed E-state index contributed by atoms with van der Waals surface area (Å²) in [5.41, 5.74) is 0. The van der Waals surface area contributed by atoms with Crippen LogP contribution in [0.3, 0.4) is 0 Å². The van der Waals surface area contributed by atoms with Crippen molar-refractivity contribution in [2.24, 2.45) is 5.92 Å². The number of carbonyl (C=O) groups excluding carboxylic acids is 4. The zero-order valence-corrected chi connectivity index (χ0v) is 15.6. The summed E-state index contributed by atoms with van der Waals surface area (Å²) in [5, 5.41) is 6.44. The number of piperidine rings is 1. The maximum Gasteiger partial charge on any atom is 0.321 e. The van der Waals surface area contributed by atoms with Gasteiger partial charge in [-0.2, -0.15) is 0 Å². The molecule has 1 fully saturated rings. The number of amides is 4. The van der Waals surface area contributed by atoms with Gasteiger partial charge in [0.05, 0.1) is 10.8 Å². The molecule has 1 aliphatic heterocycles. The molecule has 2 rings (SSSR count). The van der Waals surface area contributed by atoms with Gasteiger partial charge in [0.2, 0.25) is 0 Å². The third-order valence-electron chi connectivity index (χ3n) is 3.87. The molecule has 2 N–H and O–H groups in total. The standard InChI is InChI=1S/C17H23N3O5S/c1-11(2)18-17(24)19-14(21)10-25-16(23)12-5-7-20(8-6-12)15(22)13-4-3-9-26-13/h3-4,9,11-12H,5-8,10H2,1-2H3,(H2,18,19,21,24). The number of nitrogens with one attached hydrogen (secondary N) is 2. The lowest BCUT2D eigenvalue weighted by Crippen LogP contribution is -2.44. The monoisotopic (exact) mass is 381 g/mol. The number of esters is 1. The zero-order valence-electron chi connectivity index (χ0n) is 14.8. The zero-order chi connectivity index (χ0) is 19.1. The number of likely N-dealkylation sites (tertiary alicyclic amines) is 1. The molecule has 0 spiro atoms. The van der Waals surface area contributed by atoms with E-state index in [9.17, 15) is 19.2 Å². The molecule has 0 unspecified atom stereocenters. The van der Waals surface area contributed by atoms with Gasteiger partial charge in [0, 0.05) is 19.1 Å². The number of urea groups is 1. The lowest BCUT2D eigenvalue weighted by Gasteiger charge is -2.30. The van der Waals surface area contributed by atoms with Crippen molar-refractivity contribution in [3.8, 4) is 0 Å². The molecule has 1 saturated heterocycles. The fourth-order valence-electron chi connectivity index (χ4n) is 2.59. The average molecular weight is 381 g/mol. The molecule has 8 nitrogen and oxygen atoms in total. The Balaban J connectivity index is 1.70. The van der Waals surface area contributed by atoms with Gasteiger partial charge in [-0.1, -0.05) is 6.07 Å². The van der Waals surface area contributed by atoms with Crippen molar-refractivity contribution < 1.29 is 23.9 Å². The van der Waals surface area contributed by atoms with Crippen LogP contribution in [0.5, 0.6) is 0 Å². The van der Waals surface area contributed by atoms with E-state index >= 15 is 0 Å². The van der Waals surface area contributed by atoms with E-state index in [0.717, 1.165) is 0 Å². The maximum absolute atomic E-state index is 12.3. The van der Waals surface area contributed by atoms with Crippen LogP contribution in [0.15, 0.2) is 17.5 Å². The lowest BCUT2D eigenvalue weighted by atomic mass is 9.97. The van der Waals surface area contributed by atoms with Crippen molar-refractivity contribution >= 4 is 35.2 Å². The SMILES string of the molecule is CC(C)NC(=O)NC(=O)COC(=O)C1CCN(C(=O)c2cccs2)CC1. The Morgan fingerprint density at radius 1 is 1.27 bits per heavy atom. The Bertz CT molecular complexity index is 651. The van der Waals surface area contributed by atoms with Gasteiger partial charge in [-0.25, -0.2) is 4.79 Å². The maximum atomic E-state index is 12.3. The fourth-order valence-corrected chi connectivity index (χ4v) is 3.28. The smallest absolute Gasteiger partial charge is 0.321 e. The molecule has 9 heteroatoms. The Morgan fingerprint density at radius 2 is 1.96 bits per heavy atom. The largest absolute Gasteiger partial charge is 0.455 e. The van der Waals surface area contributed by atoms with Crippen molar-refractivity contribution in [2.75, 3.05) is 19.7 Å². The highest BCUT2D eigenvalue weighted by Gasteiger charge is 2.29. The third kappa shape index (κ3) is 5.83. The Morgan fingerprint density at radius 3 is 2.54 bits per heavy atom. The van der Waals surface area contributed by atoms with Crippen molar-refractivity contribution in [3.05, 3.63) is 22.4 Å². The number of ether oxygens (including phenoxy) is 1. The molecule has 1 aromatic rings. The van der Waals surface area contributed by atoms with Crippen LogP contribution in [0.4, 0.5) is 4.79 Å². The van der Waals surface area contributed by atoms with E-state index in [1.54, 1.807) is 24.8 Å². The highest BCUT2D eigenvalue weighted by atomic mass is 32.1. The van der Waals surface area contributed by atoms with Crippen LogP contribution in [0.1, 0.15) is 36.4 Å². The van der Waals surface area contributed by atoms with Gasteiger partial charge in [-0.05, 0) is 38.1 Å². The summed E-state index contributed by atoms with van der Waals surface area (Å²) in [7, 11) is 0. The van der Waals surface area contributed by atoms with E-state index in [4.69, 9.17) is 4.74 Å². The Hall–Kier alpha value is -2.42. The second kappa shape index (κ2) is 9.33. The predicted octanol–water partition coefficient (Wildman–Crippen LogP) is 1.38. The first-order chi connectivity index (χ1) is 12.4. The number of hydrogen-bond donors (Lipinski definition) is 2. The predicted molar refractivity (Wildman–Crippen MR) is 95.7 cm³/mol. The van der Waals surface area contributed by atoms with Gasteiger partial charge >= 0.3 is 12.0 Å². The Kier molecular flexibility index (Phi) is 7.14. The minimum Gasteiger partial charge on any atom is -0.455 e. The average Bonchev–Trinajstić information content (AvgIpc) is 3.13. The number of nitrogens with zero attached hydrogens (tertiary/aromatic N) is 1. The molecule has 142 valence electrons. The summed E-state index contributed by atoms with van der Waals surface area (Å²) < 4.78 is 4.98. The minimum absolute atomic E-state index is 0.0256. The van der Waals surface area contributed by atoms with Crippen LogP contribution in [-0.2, 0) is 14.3 Å². The van der Waals surface area contributed by atoms with Gasteiger partial charge in [-0.3, -0.25) is 19.7 Å². The van der Waals surface area contributed by atoms with Crippen molar-refractivity contribution in [1.82, 2.24) is 15.5 Å². The molecule has 2 heterocycles. The molecule has 0 saturated carbocycles. The van der Waals surface area contributed by atoms with Gasteiger partial charge < -0.3 is 15.0 Å². The summed E-state index contributed by atoms with van der Waals surface area (Å²) in [4.78, 5) is 49.7. The van der Waals surface area contributed by atoms with Crippen molar-refractivity contribution in [3.63, 3.8) is 0 Å². The number of thiophene rings is 1. The van der Waals surface area contributed by atoms with Crippen LogP contribution >= 0.6 is 11.3 Å². The van der Waals surface area contributed by atoms with Crippen LogP contribution in [-0.4, -0.2) is 54.5 Å². The van der Waals surface area contributed by atoms with Crippen molar-refractivity contribution in [2.45, 2.75) is 32.7 Å². The quantitative estimate of drug-likeness (QED) is 0.750. The van der Waals surface area contributed by atoms with Crippen LogP contribution in [0.25, 0.3) is 0 Å². The number of hydrogen-bond acceptors (Lipinski definition) is 6. The van der Waals surface area contributed by atoms with E-state index < -0.39 is 24.5 Å². The van der Waals surface area contributed by atoms with Crippen LogP contribution < -0.4 is 10.6 Å². The summed E-state index contributed by atoms with van der Waals surface area (Å²) in [6.45, 7) is 3.97. The van der Waals surface area contributed by atoms with Gasteiger partial charge in [0.25, 0.3) is 11.8 Å². The summed E-state index contributed by atoms with van der Waals surface area (Å²) in [6.07, 6.45) is 0.983. The lowest BCUT2D eigenvalue weighted by molar-refractivity contribution is -0.153. The number of imide groups is 1. The second-order valence-electron chi connectivity index (χ2n) is 6.33. The molecule has 26 heavy (non-hydrogen) atoms. The molecule has 0 aromatic carbocycles. The second-order valence-corrected chi connectivity index (χ2v) is 7.28. The molecule has 4 amide bonds. The molecule has 0 atom stereocenters. The van der Waals surface area contributed by atoms with E-state index in [-0.39, 0.29) is 17.9 Å². The fraction of sp³-hybridized carbons (Fsp3) is 0.529. The number of carbonyl (C=O) groups is 4. The van der Waals surface area contributed by atoms with Crippen molar-refractivity contribution in [1.29, 1.82) is 0 Å². The van der Waals surface area contributed by atoms with E-state index in [1.807, 2.05) is 11.4 Å². The van der Waals surface area contributed by atoms with Crippen LogP contribution in [0, 0.1) is 5.92 Å². The molecular weight excluding hydrogens is 358 g/mol. The van der Waals surface area contributed by atoms with E-state index in [0.29, 0.717) is 30.8 Å². The topological polar surface area (TPSA) is 105 Å². The Labute approximate surface area is 155 Å². The van der Waals surface area contributed by atoms with Gasteiger partial charge in [-0.15, -0.1) is 11.3 Å². The highest BCUT2D eigenvalue weighted by molar-refractivity contribution is 7.12. The molecule has 0 aliphatic carbocycles. The molecule has 1 aliphatic rings. The first kappa shape index (κ1) is 19.9. The number of rotatable bonds is 5. The molecule has 1 aromatic heterocycles. The summed E-state index contributed by atoms with van der Waals surface area (Å²) in [5.74, 6) is -1.53. The molecule has 0 bridgehead atoms. The summed E-state index contributed by atoms with van der Waals surface area (Å²) in [6, 6.07) is 2.88. The van der Waals surface area contributed by atoms with Gasteiger partial charge in [0.1, 0.15) is 0 Å². The first-order valence-electron chi connectivity index (χ1n) is 8.46. The summed E-state index contributed by atoms with van der Waals surface area (Å²) >= 11 is 1.39. The molecular formula is C17H23N3O5S. The highest BCUT2D eigenvalue weighted by Crippen LogP contribution is 2.21. The van der Waals surface area contributed by atoms with Gasteiger partial charge in [0.15, 0.2) is 6.61 Å². The van der Waals surface area contributed by atoms with E-state index in [1.165, 1.54) is 11.3 Å². The normalized spacial score (nSPS) is 14.8.